The quantitative estimate of drug-likeness (QED) is 0.806. The molecule has 17 heavy (non-hydrogen) atoms. The molecule has 0 radical (unpaired) electrons. The SMILES string of the molecule is Cc1ccc(F)c(C(=O)N2CCC(N)C2C)c1. The van der Waals surface area contributed by atoms with Gasteiger partial charge < -0.3 is 10.6 Å². The molecule has 0 aliphatic carbocycles. The lowest BCUT2D eigenvalue weighted by atomic mass is 10.1. The third kappa shape index (κ3) is 2.17. The van der Waals surface area contributed by atoms with Crippen LogP contribution in [0.1, 0.15) is 29.3 Å². The van der Waals surface area contributed by atoms with E-state index in [0.29, 0.717) is 6.54 Å². The van der Waals surface area contributed by atoms with E-state index in [0.717, 1.165) is 12.0 Å². The average molecular weight is 236 g/mol. The minimum Gasteiger partial charge on any atom is -0.334 e. The number of hydrogen-bond donors (Lipinski definition) is 1. The molecule has 1 aromatic carbocycles. The predicted molar refractivity (Wildman–Crippen MR) is 64.2 cm³/mol. The van der Waals surface area contributed by atoms with Gasteiger partial charge in [-0.1, -0.05) is 11.6 Å². The van der Waals surface area contributed by atoms with E-state index in [2.05, 4.69) is 0 Å². The van der Waals surface area contributed by atoms with Crippen molar-refractivity contribution in [3.05, 3.63) is 35.1 Å². The smallest absolute Gasteiger partial charge is 0.257 e. The summed E-state index contributed by atoms with van der Waals surface area (Å²) in [7, 11) is 0. The maximum atomic E-state index is 13.6. The fourth-order valence-electron chi connectivity index (χ4n) is 2.21. The number of carbonyl (C=O) groups excluding carboxylic acids is 1. The normalized spacial score (nSPS) is 24.1. The Hall–Kier alpha value is -1.42. The Morgan fingerprint density at radius 3 is 2.82 bits per heavy atom. The first-order chi connectivity index (χ1) is 8.00. The Labute approximate surface area is 100 Å². The zero-order chi connectivity index (χ0) is 12.6. The standard InChI is InChI=1S/C13H17FN2O/c1-8-3-4-11(14)10(7-8)13(17)16-6-5-12(15)9(16)2/h3-4,7,9,12H,5-6,15H2,1-2H3. The topological polar surface area (TPSA) is 46.3 Å². The van der Waals surface area contributed by atoms with E-state index >= 15 is 0 Å². The van der Waals surface area contributed by atoms with Crippen LogP contribution in [0.15, 0.2) is 18.2 Å². The summed E-state index contributed by atoms with van der Waals surface area (Å²) in [6, 6.07) is 4.55. The average Bonchev–Trinajstić information content (AvgIpc) is 2.62. The van der Waals surface area contributed by atoms with Gasteiger partial charge in [0.2, 0.25) is 0 Å². The highest BCUT2D eigenvalue weighted by molar-refractivity contribution is 5.95. The van der Waals surface area contributed by atoms with Crippen molar-refractivity contribution in [2.24, 2.45) is 5.73 Å². The van der Waals surface area contributed by atoms with Crippen molar-refractivity contribution in [1.29, 1.82) is 0 Å². The largest absolute Gasteiger partial charge is 0.334 e. The Balaban J connectivity index is 2.28. The monoisotopic (exact) mass is 236 g/mol. The fourth-order valence-corrected chi connectivity index (χ4v) is 2.21. The van der Waals surface area contributed by atoms with Crippen LogP contribution in [0, 0.1) is 12.7 Å². The second-order valence-electron chi connectivity index (χ2n) is 4.67. The van der Waals surface area contributed by atoms with Gasteiger partial charge >= 0.3 is 0 Å². The lowest BCUT2D eigenvalue weighted by molar-refractivity contribution is 0.0737. The van der Waals surface area contributed by atoms with Gasteiger partial charge in [0.25, 0.3) is 5.91 Å². The predicted octanol–water partition coefficient (Wildman–Crippen LogP) is 1.70. The molecule has 2 unspecified atom stereocenters. The maximum absolute atomic E-state index is 13.6. The van der Waals surface area contributed by atoms with Crippen molar-refractivity contribution in [3.63, 3.8) is 0 Å². The second-order valence-corrected chi connectivity index (χ2v) is 4.67. The van der Waals surface area contributed by atoms with Gasteiger partial charge in [-0.15, -0.1) is 0 Å². The summed E-state index contributed by atoms with van der Waals surface area (Å²) in [5.74, 6) is -0.722. The molecule has 1 fully saturated rings. The number of hydrogen-bond acceptors (Lipinski definition) is 2. The minimum atomic E-state index is -0.465. The van der Waals surface area contributed by atoms with E-state index in [9.17, 15) is 9.18 Å². The van der Waals surface area contributed by atoms with Gasteiger partial charge in [0.15, 0.2) is 0 Å². The molecule has 0 aromatic heterocycles. The number of halogens is 1. The number of carbonyl (C=O) groups is 1. The third-order valence-corrected chi connectivity index (χ3v) is 3.43. The highest BCUT2D eigenvalue weighted by Crippen LogP contribution is 2.20. The molecule has 3 nitrogen and oxygen atoms in total. The summed E-state index contributed by atoms with van der Waals surface area (Å²) in [5.41, 5.74) is 6.89. The second kappa shape index (κ2) is 4.45. The number of amides is 1. The number of rotatable bonds is 1. The molecule has 0 saturated carbocycles. The van der Waals surface area contributed by atoms with Crippen LogP contribution in [0.5, 0.6) is 0 Å². The van der Waals surface area contributed by atoms with Crippen molar-refractivity contribution in [2.75, 3.05) is 6.54 Å². The number of aryl methyl sites for hydroxylation is 1. The molecule has 1 saturated heterocycles. The zero-order valence-corrected chi connectivity index (χ0v) is 10.1. The summed E-state index contributed by atoms with van der Waals surface area (Å²) in [5, 5.41) is 0. The summed E-state index contributed by atoms with van der Waals surface area (Å²) in [4.78, 5) is 13.9. The lowest BCUT2D eigenvalue weighted by Gasteiger charge is -2.23. The molecule has 1 aliphatic rings. The number of likely N-dealkylation sites (tertiary alicyclic amines) is 1. The van der Waals surface area contributed by atoms with Crippen molar-refractivity contribution in [2.45, 2.75) is 32.4 Å². The van der Waals surface area contributed by atoms with Crippen molar-refractivity contribution < 1.29 is 9.18 Å². The van der Waals surface area contributed by atoms with Crippen LogP contribution in [0.25, 0.3) is 0 Å². The number of benzene rings is 1. The van der Waals surface area contributed by atoms with Gasteiger partial charge in [-0.25, -0.2) is 4.39 Å². The van der Waals surface area contributed by atoms with Crippen LogP contribution in [0.3, 0.4) is 0 Å². The van der Waals surface area contributed by atoms with Crippen LogP contribution < -0.4 is 5.73 Å². The Kier molecular flexibility index (Phi) is 3.15. The summed E-state index contributed by atoms with van der Waals surface area (Å²) < 4.78 is 13.6. The van der Waals surface area contributed by atoms with E-state index < -0.39 is 5.82 Å². The lowest BCUT2D eigenvalue weighted by Crippen LogP contribution is -2.40. The van der Waals surface area contributed by atoms with Crippen molar-refractivity contribution >= 4 is 5.91 Å². The summed E-state index contributed by atoms with van der Waals surface area (Å²) in [6.45, 7) is 4.35. The van der Waals surface area contributed by atoms with Gasteiger partial charge in [0.05, 0.1) is 5.56 Å². The van der Waals surface area contributed by atoms with Crippen LogP contribution in [-0.2, 0) is 0 Å². The van der Waals surface area contributed by atoms with Gasteiger partial charge in [0, 0.05) is 18.6 Å². The highest BCUT2D eigenvalue weighted by Gasteiger charge is 2.32. The summed E-state index contributed by atoms with van der Waals surface area (Å²) >= 11 is 0. The van der Waals surface area contributed by atoms with Crippen molar-refractivity contribution in [1.82, 2.24) is 4.90 Å². The van der Waals surface area contributed by atoms with E-state index in [1.807, 2.05) is 13.8 Å². The van der Waals surface area contributed by atoms with Crippen LogP contribution in [-0.4, -0.2) is 29.4 Å². The summed E-state index contributed by atoms with van der Waals surface area (Å²) in [6.07, 6.45) is 0.778. The van der Waals surface area contributed by atoms with Gasteiger partial charge in [0.1, 0.15) is 5.82 Å². The molecular weight excluding hydrogens is 219 g/mol. The molecule has 0 spiro atoms. The van der Waals surface area contributed by atoms with Gasteiger partial charge in [-0.05, 0) is 32.4 Å². The van der Waals surface area contributed by atoms with Gasteiger partial charge in [-0.2, -0.15) is 0 Å². The molecule has 92 valence electrons. The molecule has 2 atom stereocenters. The minimum absolute atomic E-state index is 0.00757. The molecule has 1 amide bonds. The highest BCUT2D eigenvalue weighted by atomic mass is 19.1. The molecule has 1 aliphatic heterocycles. The Morgan fingerprint density at radius 1 is 1.53 bits per heavy atom. The van der Waals surface area contributed by atoms with E-state index in [4.69, 9.17) is 5.73 Å². The van der Waals surface area contributed by atoms with E-state index in [1.165, 1.54) is 6.07 Å². The molecule has 4 heteroatoms. The number of nitrogens with zero attached hydrogens (tertiary/aromatic N) is 1. The first-order valence-electron chi connectivity index (χ1n) is 5.83. The molecular formula is C13H17FN2O. The molecule has 2 rings (SSSR count). The zero-order valence-electron chi connectivity index (χ0n) is 10.1. The fraction of sp³-hybridized carbons (Fsp3) is 0.462. The first-order valence-corrected chi connectivity index (χ1v) is 5.83. The Morgan fingerprint density at radius 2 is 2.24 bits per heavy atom. The maximum Gasteiger partial charge on any atom is 0.257 e. The Bertz CT molecular complexity index is 447. The molecule has 0 bridgehead atoms. The molecule has 1 aromatic rings. The van der Waals surface area contributed by atoms with Crippen LogP contribution >= 0.6 is 0 Å². The van der Waals surface area contributed by atoms with E-state index in [1.54, 1.807) is 17.0 Å². The third-order valence-electron chi connectivity index (χ3n) is 3.43. The van der Waals surface area contributed by atoms with Crippen LogP contribution in [0.2, 0.25) is 0 Å². The molecule has 2 N–H and O–H groups in total. The number of nitrogens with two attached hydrogens (primary N) is 1. The van der Waals surface area contributed by atoms with Crippen LogP contribution in [0.4, 0.5) is 4.39 Å². The first kappa shape index (κ1) is 12.0. The van der Waals surface area contributed by atoms with Crippen molar-refractivity contribution in [3.8, 4) is 0 Å². The van der Waals surface area contributed by atoms with Gasteiger partial charge in [-0.3, -0.25) is 4.79 Å². The van der Waals surface area contributed by atoms with E-state index in [-0.39, 0.29) is 23.6 Å². The molecule has 1 heterocycles.